The molecule has 0 unspecified atom stereocenters. The lowest BCUT2D eigenvalue weighted by atomic mass is 10.2. The summed E-state index contributed by atoms with van der Waals surface area (Å²) in [6.07, 6.45) is -1.69. The normalized spacial score (nSPS) is 11.8. The lowest BCUT2D eigenvalue weighted by Gasteiger charge is -2.28. The molecule has 1 rings (SSSR count). The largest absolute Gasteiger partial charge is 0.443 e. The summed E-state index contributed by atoms with van der Waals surface area (Å²) in [4.78, 5) is 30.0. The van der Waals surface area contributed by atoms with Crippen LogP contribution >= 0.6 is 31.9 Å². The van der Waals surface area contributed by atoms with Crippen LogP contribution in [0.1, 0.15) is 47.1 Å². The molecule has 0 aliphatic carbocycles. The van der Waals surface area contributed by atoms with Crippen molar-refractivity contribution in [1.29, 1.82) is 0 Å². The summed E-state index contributed by atoms with van der Waals surface area (Å²) in [7, 11) is 0. The van der Waals surface area contributed by atoms with Crippen molar-refractivity contribution in [1.82, 2.24) is 4.98 Å². The van der Waals surface area contributed by atoms with Gasteiger partial charge in [-0.05, 0) is 69.1 Å². The molecule has 0 radical (unpaired) electrons. The van der Waals surface area contributed by atoms with Crippen LogP contribution in [0.15, 0.2) is 16.7 Å². The fraction of sp³-hybridized carbons (Fsp3) is 0.562. The lowest BCUT2D eigenvalue weighted by molar-refractivity contribution is 0.0429. The van der Waals surface area contributed by atoms with Crippen molar-refractivity contribution >= 4 is 49.9 Å². The molecule has 1 aromatic heterocycles. The molecule has 0 aliphatic heterocycles. The lowest BCUT2D eigenvalue weighted by Crippen LogP contribution is -2.44. The summed E-state index contributed by atoms with van der Waals surface area (Å²) in [6, 6.07) is 3.32. The number of anilines is 1. The molecule has 6 nitrogen and oxygen atoms in total. The van der Waals surface area contributed by atoms with Gasteiger partial charge in [-0.25, -0.2) is 14.6 Å². The molecule has 0 atom stereocenters. The van der Waals surface area contributed by atoms with Crippen LogP contribution in [-0.4, -0.2) is 28.4 Å². The number of carbonyl (C=O) groups excluding carboxylic acids is 2. The van der Waals surface area contributed by atoms with Gasteiger partial charge in [0, 0.05) is 5.33 Å². The first kappa shape index (κ1) is 20.9. The van der Waals surface area contributed by atoms with Crippen molar-refractivity contribution in [2.45, 2.75) is 58.1 Å². The topological polar surface area (TPSA) is 68.7 Å². The number of alkyl halides is 1. The second-order valence-corrected chi connectivity index (χ2v) is 8.36. The van der Waals surface area contributed by atoms with Gasteiger partial charge in [-0.15, -0.1) is 0 Å². The van der Waals surface area contributed by atoms with Crippen LogP contribution < -0.4 is 4.90 Å². The second-order valence-electron chi connectivity index (χ2n) is 7.05. The van der Waals surface area contributed by atoms with Crippen molar-refractivity contribution in [3.8, 4) is 0 Å². The van der Waals surface area contributed by atoms with E-state index in [9.17, 15) is 9.59 Å². The van der Waals surface area contributed by atoms with E-state index in [0.717, 1.165) is 10.5 Å². The molecule has 8 heteroatoms. The highest BCUT2D eigenvalue weighted by molar-refractivity contribution is 9.10. The van der Waals surface area contributed by atoms with Gasteiger partial charge in [0.15, 0.2) is 0 Å². The molecule has 0 aliphatic rings. The average Bonchev–Trinajstić information content (AvgIpc) is 2.34. The highest BCUT2D eigenvalue weighted by Crippen LogP contribution is 2.25. The van der Waals surface area contributed by atoms with Crippen LogP contribution in [0.25, 0.3) is 0 Å². The summed E-state index contributed by atoms with van der Waals surface area (Å²) in [5.41, 5.74) is -0.638. The second kappa shape index (κ2) is 7.82. The zero-order valence-corrected chi connectivity index (χ0v) is 17.8. The van der Waals surface area contributed by atoms with E-state index in [4.69, 9.17) is 9.47 Å². The first-order chi connectivity index (χ1) is 10.8. The van der Waals surface area contributed by atoms with Crippen molar-refractivity contribution in [3.63, 3.8) is 0 Å². The summed E-state index contributed by atoms with van der Waals surface area (Å²) in [5, 5.41) is 0.583. The van der Waals surface area contributed by atoms with Gasteiger partial charge >= 0.3 is 12.2 Å². The summed E-state index contributed by atoms with van der Waals surface area (Å²) in [5.74, 6) is 0.120. The average molecular weight is 466 g/mol. The molecule has 0 N–H and O–H groups in total. The Morgan fingerprint density at radius 3 is 1.83 bits per heavy atom. The first-order valence-corrected chi connectivity index (χ1v) is 9.23. The number of imide groups is 1. The number of ether oxygens (including phenoxy) is 2. The minimum atomic E-state index is -0.845. The number of rotatable bonds is 2. The van der Waals surface area contributed by atoms with Gasteiger partial charge in [-0.1, -0.05) is 22.0 Å². The Morgan fingerprint density at radius 2 is 1.50 bits per heavy atom. The van der Waals surface area contributed by atoms with Crippen LogP contribution in [0.4, 0.5) is 15.4 Å². The van der Waals surface area contributed by atoms with E-state index in [1.165, 1.54) is 0 Å². The number of carbonyl (C=O) groups is 2. The zero-order chi connectivity index (χ0) is 18.7. The number of halogens is 2. The predicted molar refractivity (Wildman–Crippen MR) is 99.5 cm³/mol. The van der Waals surface area contributed by atoms with Gasteiger partial charge in [-0.3, -0.25) is 0 Å². The molecular formula is C16H22Br2N2O4. The van der Waals surface area contributed by atoms with Crippen LogP contribution in [0.3, 0.4) is 0 Å². The number of aromatic nitrogens is 1. The van der Waals surface area contributed by atoms with E-state index in [0.29, 0.717) is 9.93 Å². The molecular weight excluding hydrogens is 444 g/mol. The van der Waals surface area contributed by atoms with E-state index < -0.39 is 23.4 Å². The number of pyridine rings is 1. The monoisotopic (exact) mass is 464 g/mol. The maximum absolute atomic E-state index is 12.5. The molecule has 2 amide bonds. The molecule has 0 saturated heterocycles. The number of hydrogen-bond donors (Lipinski definition) is 0. The molecule has 0 aromatic carbocycles. The Labute approximate surface area is 159 Å². The molecule has 1 aromatic rings. The van der Waals surface area contributed by atoms with Crippen molar-refractivity contribution in [2.75, 3.05) is 4.90 Å². The van der Waals surface area contributed by atoms with E-state index in [-0.39, 0.29) is 5.82 Å². The van der Waals surface area contributed by atoms with Crippen LogP contribution in [0, 0.1) is 0 Å². The molecule has 0 bridgehead atoms. The Morgan fingerprint density at radius 1 is 1.04 bits per heavy atom. The van der Waals surface area contributed by atoms with E-state index in [1.54, 1.807) is 53.7 Å². The maximum atomic E-state index is 12.5. The number of hydrogen-bond acceptors (Lipinski definition) is 5. The standard InChI is InChI=1S/C16H22Br2N2O4/c1-15(2,3)23-13(21)20(14(22)24-16(4,5)6)11-8-7-10(9-17)12(18)19-11/h7-8H,9H2,1-6H3. The molecule has 0 saturated carbocycles. The van der Waals surface area contributed by atoms with Crippen LogP contribution in [-0.2, 0) is 14.8 Å². The minimum absolute atomic E-state index is 0.120. The van der Waals surface area contributed by atoms with Crippen molar-refractivity contribution in [2.24, 2.45) is 0 Å². The van der Waals surface area contributed by atoms with E-state index in [2.05, 4.69) is 36.8 Å². The zero-order valence-electron chi connectivity index (χ0n) is 14.6. The first-order valence-electron chi connectivity index (χ1n) is 7.31. The smallest absolute Gasteiger partial charge is 0.425 e. The Hall–Kier alpha value is -1.15. The van der Waals surface area contributed by atoms with Gasteiger partial charge in [0.05, 0.1) is 0 Å². The third-order valence-electron chi connectivity index (χ3n) is 2.44. The Balaban J connectivity index is 3.25. The van der Waals surface area contributed by atoms with Gasteiger partial charge in [0.2, 0.25) is 0 Å². The fourth-order valence-corrected chi connectivity index (χ4v) is 2.84. The highest BCUT2D eigenvalue weighted by Gasteiger charge is 2.33. The number of amides is 2. The molecule has 0 fully saturated rings. The minimum Gasteiger partial charge on any atom is -0.443 e. The third-order valence-corrected chi connectivity index (χ3v) is 3.73. The van der Waals surface area contributed by atoms with Gasteiger partial charge in [0.25, 0.3) is 0 Å². The van der Waals surface area contributed by atoms with Crippen molar-refractivity contribution in [3.05, 3.63) is 22.3 Å². The Kier molecular flexibility index (Phi) is 6.81. The van der Waals surface area contributed by atoms with Gasteiger partial charge in [-0.2, -0.15) is 4.90 Å². The van der Waals surface area contributed by atoms with Crippen LogP contribution in [0.2, 0.25) is 0 Å². The SMILES string of the molecule is CC(C)(C)OC(=O)N(C(=O)OC(C)(C)C)c1ccc(CBr)c(Br)n1. The van der Waals surface area contributed by atoms with E-state index >= 15 is 0 Å². The summed E-state index contributed by atoms with van der Waals surface area (Å²) >= 11 is 6.67. The molecule has 24 heavy (non-hydrogen) atoms. The molecule has 1 heterocycles. The number of nitrogens with zero attached hydrogens (tertiary/aromatic N) is 2. The Bertz CT molecular complexity index is 593. The highest BCUT2D eigenvalue weighted by atomic mass is 79.9. The van der Waals surface area contributed by atoms with Crippen molar-refractivity contribution < 1.29 is 19.1 Å². The van der Waals surface area contributed by atoms with Gasteiger partial charge in [0.1, 0.15) is 21.6 Å². The fourth-order valence-electron chi connectivity index (χ4n) is 1.55. The van der Waals surface area contributed by atoms with E-state index in [1.807, 2.05) is 0 Å². The molecule has 134 valence electrons. The third kappa shape index (κ3) is 6.39. The summed E-state index contributed by atoms with van der Waals surface area (Å²) < 4.78 is 11.1. The quantitative estimate of drug-likeness (QED) is 0.431. The predicted octanol–water partition coefficient (Wildman–Crippen LogP) is 5.42. The molecule has 0 spiro atoms. The summed E-state index contributed by atoms with van der Waals surface area (Å²) in [6.45, 7) is 10.3. The van der Waals surface area contributed by atoms with Crippen LogP contribution in [0.5, 0.6) is 0 Å². The van der Waals surface area contributed by atoms with Gasteiger partial charge < -0.3 is 9.47 Å². The maximum Gasteiger partial charge on any atom is 0.425 e.